The highest BCUT2D eigenvalue weighted by atomic mass is 32.1. The molecule has 78 valence electrons. The minimum Gasteiger partial charge on any atom is -0.354 e. The van der Waals surface area contributed by atoms with E-state index < -0.39 is 0 Å². The molecular weight excluding hydrogens is 218 g/mol. The van der Waals surface area contributed by atoms with Crippen molar-refractivity contribution in [1.29, 1.82) is 0 Å². The number of para-hydroxylation sites is 1. The van der Waals surface area contributed by atoms with E-state index in [0.717, 1.165) is 15.9 Å². The van der Waals surface area contributed by atoms with Gasteiger partial charge in [-0.1, -0.05) is 12.1 Å². The first-order valence-electron chi connectivity index (χ1n) is 4.99. The van der Waals surface area contributed by atoms with E-state index in [1.165, 1.54) is 0 Å². The Kier molecular flexibility index (Phi) is 2.01. The van der Waals surface area contributed by atoms with Crippen LogP contribution in [0.15, 0.2) is 52.2 Å². The molecule has 1 N–H and O–H groups in total. The quantitative estimate of drug-likeness (QED) is 0.449. The van der Waals surface area contributed by atoms with Crippen molar-refractivity contribution < 1.29 is 0 Å². The molecule has 1 aromatic heterocycles. The third-order valence-electron chi connectivity index (χ3n) is 2.69. The van der Waals surface area contributed by atoms with Gasteiger partial charge in [-0.3, -0.25) is 4.79 Å². The molecule has 0 bridgehead atoms. The van der Waals surface area contributed by atoms with Gasteiger partial charge in [-0.15, -0.1) is 12.6 Å². The lowest BCUT2D eigenvalue weighted by atomic mass is 10.1. The summed E-state index contributed by atoms with van der Waals surface area (Å²) < 4.78 is 0. The Morgan fingerprint density at radius 2 is 1.69 bits per heavy atom. The van der Waals surface area contributed by atoms with Crippen molar-refractivity contribution in [2.45, 2.75) is 4.90 Å². The molecule has 16 heavy (non-hydrogen) atoms. The van der Waals surface area contributed by atoms with E-state index in [1.54, 1.807) is 6.07 Å². The smallest absolute Gasteiger partial charge is 0.197 e. The van der Waals surface area contributed by atoms with Crippen LogP contribution in [-0.4, -0.2) is 4.98 Å². The molecule has 2 nitrogen and oxygen atoms in total. The van der Waals surface area contributed by atoms with Gasteiger partial charge in [-0.25, -0.2) is 0 Å². The fourth-order valence-corrected chi connectivity index (χ4v) is 2.11. The molecule has 0 atom stereocenters. The van der Waals surface area contributed by atoms with Crippen molar-refractivity contribution in [1.82, 2.24) is 4.98 Å². The Hall–Kier alpha value is -1.74. The molecule has 3 rings (SSSR count). The molecular formula is C13H9NOS. The number of H-pyrrole nitrogens is 1. The zero-order valence-electron chi connectivity index (χ0n) is 8.40. The van der Waals surface area contributed by atoms with E-state index >= 15 is 0 Å². The zero-order chi connectivity index (χ0) is 11.1. The molecule has 0 fully saturated rings. The normalized spacial score (nSPS) is 11.1. The average Bonchev–Trinajstić information content (AvgIpc) is 2.31. The Balaban J connectivity index is 2.61. The summed E-state index contributed by atoms with van der Waals surface area (Å²) in [6.45, 7) is 0. The molecule has 0 saturated carbocycles. The third kappa shape index (κ3) is 1.32. The highest BCUT2D eigenvalue weighted by molar-refractivity contribution is 7.80. The van der Waals surface area contributed by atoms with Crippen molar-refractivity contribution in [3.8, 4) is 0 Å². The van der Waals surface area contributed by atoms with Gasteiger partial charge in [0, 0.05) is 26.7 Å². The average molecular weight is 227 g/mol. The maximum atomic E-state index is 12.2. The predicted octanol–water partition coefficient (Wildman–Crippen LogP) is 2.97. The molecule has 1 heterocycles. The molecule has 0 aliphatic carbocycles. The number of aromatic nitrogens is 1. The Morgan fingerprint density at radius 1 is 0.938 bits per heavy atom. The SMILES string of the molecule is O=c1c2ccccc2[nH]c2ccc(S)cc12. The standard InChI is InChI=1S/C13H9NOS/c15-13-9-3-1-2-4-11(9)14-12-6-5-8(16)7-10(12)13/h1-7,16H,(H,14,15). The molecule has 0 spiro atoms. The fraction of sp³-hybridized carbons (Fsp3) is 0. The van der Waals surface area contributed by atoms with Gasteiger partial charge in [0.15, 0.2) is 5.43 Å². The van der Waals surface area contributed by atoms with Gasteiger partial charge < -0.3 is 4.98 Å². The summed E-state index contributed by atoms with van der Waals surface area (Å²) in [5, 5.41) is 1.40. The minimum atomic E-state index is 0.0558. The van der Waals surface area contributed by atoms with E-state index in [9.17, 15) is 4.79 Å². The van der Waals surface area contributed by atoms with Gasteiger partial charge in [-0.2, -0.15) is 0 Å². The maximum absolute atomic E-state index is 12.2. The second-order valence-corrected chi connectivity index (χ2v) is 4.25. The van der Waals surface area contributed by atoms with Gasteiger partial charge >= 0.3 is 0 Å². The molecule has 0 unspecified atom stereocenters. The van der Waals surface area contributed by atoms with Crippen LogP contribution in [-0.2, 0) is 0 Å². The third-order valence-corrected chi connectivity index (χ3v) is 2.97. The summed E-state index contributed by atoms with van der Waals surface area (Å²) in [5.74, 6) is 0. The van der Waals surface area contributed by atoms with Gasteiger partial charge in [0.2, 0.25) is 0 Å². The van der Waals surface area contributed by atoms with Gasteiger partial charge in [0.25, 0.3) is 0 Å². The van der Waals surface area contributed by atoms with Crippen molar-refractivity contribution in [2.24, 2.45) is 0 Å². The second-order valence-electron chi connectivity index (χ2n) is 3.73. The lowest BCUT2D eigenvalue weighted by molar-refractivity contribution is 1.43. The van der Waals surface area contributed by atoms with Gasteiger partial charge in [0.05, 0.1) is 0 Å². The van der Waals surface area contributed by atoms with E-state index in [2.05, 4.69) is 17.6 Å². The number of rotatable bonds is 0. The van der Waals surface area contributed by atoms with Crippen LogP contribution in [0.3, 0.4) is 0 Å². The van der Waals surface area contributed by atoms with Crippen LogP contribution in [0, 0.1) is 0 Å². The molecule has 0 saturated heterocycles. The van der Waals surface area contributed by atoms with Crippen LogP contribution in [0.25, 0.3) is 21.8 Å². The molecule has 3 aromatic rings. The van der Waals surface area contributed by atoms with E-state index in [0.29, 0.717) is 10.8 Å². The van der Waals surface area contributed by atoms with Crippen LogP contribution in [0.4, 0.5) is 0 Å². The van der Waals surface area contributed by atoms with Crippen molar-refractivity contribution in [2.75, 3.05) is 0 Å². The first-order chi connectivity index (χ1) is 7.75. The summed E-state index contributed by atoms with van der Waals surface area (Å²) in [6.07, 6.45) is 0. The summed E-state index contributed by atoms with van der Waals surface area (Å²) in [7, 11) is 0. The van der Waals surface area contributed by atoms with Crippen LogP contribution >= 0.6 is 12.6 Å². The van der Waals surface area contributed by atoms with Crippen LogP contribution in [0.2, 0.25) is 0 Å². The van der Waals surface area contributed by atoms with Gasteiger partial charge in [0.1, 0.15) is 0 Å². The number of hydrogen-bond donors (Lipinski definition) is 2. The number of pyridine rings is 1. The highest BCUT2D eigenvalue weighted by Crippen LogP contribution is 2.17. The number of benzene rings is 2. The number of nitrogens with one attached hydrogen (secondary N) is 1. The number of fused-ring (bicyclic) bond motifs is 2. The molecule has 0 aliphatic heterocycles. The molecule has 0 amide bonds. The Bertz CT molecular complexity index is 746. The topological polar surface area (TPSA) is 32.9 Å². The molecule has 3 heteroatoms. The van der Waals surface area contributed by atoms with E-state index in [1.807, 2.05) is 36.4 Å². The summed E-state index contributed by atoms with van der Waals surface area (Å²) in [5.41, 5.74) is 1.77. The minimum absolute atomic E-state index is 0.0558. The highest BCUT2D eigenvalue weighted by Gasteiger charge is 2.04. The maximum Gasteiger partial charge on any atom is 0.197 e. The van der Waals surface area contributed by atoms with Crippen molar-refractivity contribution in [3.63, 3.8) is 0 Å². The number of hydrogen-bond acceptors (Lipinski definition) is 2. The lowest BCUT2D eigenvalue weighted by Gasteiger charge is -2.02. The molecule has 0 radical (unpaired) electrons. The summed E-state index contributed by atoms with van der Waals surface area (Å²) in [6, 6.07) is 13.1. The predicted molar refractivity (Wildman–Crippen MR) is 69.3 cm³/mol. The number of thiol groups is 1. The lowest BCUT2D eigenvalue weighted by Crippen LogP contribution is -2.03. The monoisotopic (exact) mass is 227 g/mol. The largest absolute Gasteiger partial charge is 0.354 e. The molecule has 2 aromatic carbocycles. The van der Waals surface area contributed by atoms with Crippen LogP contribution in [0.5, 0.6) is 0 Å². The van der Waals surface area contributed by atoms with Crippen molar-refractivity contribution >= 4 is 34.4 Å². The Morgan fingerprint density at radius 3 is 2.56 bits per heavy atom. The van der Waals surface area contributed by atoms with E-state index in [-0.39, 0.29) is 5.43 Å². The van der Waals surface area contributed by atoms with Gasteiger partial charge in [-0.05, 0) is 30.3 Å². The second kappa shape index (κ2) is 3.39. The Labute approximate surface area is 97.3 Å². The van der Waals surface area contributed by atoms with Crippen molar-refractivity contribution in [3.05, 3.63) is 52.7 Å². The summed E-state index contributed by atoms with van der Waals surface area (Å²) in [4.78, 5) is 16.2. The van der Waals surface area contributed by atoms with Crippen LogP contribution < -0.4 is 5.43 Å². The summed E-state index contributed by atoms with van der Waals surface area (Å²) >= 11 is 4.25. The first-order valence-corrected chi connectivity index (χ1v) is 5.44. The fourth-order valence-electron chi connectivity index (χ4n) is 1.91. The first kappa shape index (κ1) is 9.48. The van der Waals surface area contributed by atoms with E-state index in [4.69, 9.17) is 0 Å². The zero-order valence-corrected chi connectivity index (χ0v) is 9.29. The number of aromatic amines is 1. The molecule has 0 aliphatic rings. The van der Waals surface area contributed by atoms with Crippen LogP contribution in [0.1, 0.15) is 0 Å².